The van der Waals surface area contributed by atoms with Gasteiger partial charge >= 0.3 is 0 Å². The lowest BCUT2D eigenvalue weighted by Crippen LogP contribution is -2.51. The quantitative estimate of drug-likeness (QED) is 0.197. The zero-order valence-electron chi connectivity index (χ0n) is 19.7. The van der Waals surface area contributed by atoms with Crippen LogP contribution in [0.25, 0.3) is 0 Å². The molecule has 0 aliphatic carbocycles. The normalized spacial score (nSPS) is 17.3. The van der Waals surface area contributed by atoms with Crippen molar-refractivity contribution in [3.63, 3.8) is 0 Å². The summed E-state index contributed by atoms with van der Waals surface area (Å²) in [6, 6.07) is 0. The molecule has 0 spiro atoms. The molecule has 31 heavy (non-hydrogen) atoms. The van der Waals surface area contributed by atoms with E-state index in [1.165, 1.54) is 0 Å². The van der Waals surface area contributed by atoms with Gasteiger partial charge in [0.05, 0.1) is 66.1 Å². The molecule has 5 unspecified atom stereocenters. The van der Waals surface area contributed by atoms with Crippen LogP contribution in [-0.2, 0) is 19.2 Å². The lowest BCUT2D eigenvalue weighted by atomic mass is 9.86. The summed E-state index contributed by atoms with van der Waals surface area (Å²) >= 11 is 0. The molecule has 5 atom stereocenters. The molecule has 0 amide bonds. The highest BCUT2D eigenvalue weighted by atomic mass is 16.4. The fourth-order valence-corrected chi connectivity index (χ4v) is 3.46. The van der Waals surface area contributed by atoms with E-state index in [-0.39, 0.29) is 41.3 Å². The monoisotopic (exact) mass is 446 g/mol. The molecule has 10 nitrogen and oxygen atoms in total. The summed E-state index contributed by atoms with van der Waals surface area (Å²) in [5, 5.41) is 43.2. The van der Waals surface area contributed by atoms with Gasteiger partial charge < -0.3 is 39.0 Å². The number of aliphatic hydroxyl groups excluding tert-OH is 2. The van der Waals surface area contributed by atoms with Gasteiger partial charge in [-0.25, -0.2) is 0 Å². The van der Waals surface area contributed by atoms with E-state index in [0.717, 1.165) is 0 Å². The number of Topliss-reactive ketones (excluding diaryl/α,β-unsaturated/α-hetero) is 2. The Labute approximate surface area is 184 Å². The lowest BCUT2D eigenvalue weighted by molar-refractivity contribution is -0.873. The van der Waals surface area contributed by atoms with Crippen molar-refractivity contribution in [3.8, 4) is 0 Å². The molecule has 0 aromatic heterocycles. The van der Waals surface area contributed by atoms with E-state index in [9.17, 15) is 39.6 Å². The molecule has 0 aromatic rings. The summed E-state index contributed by atoms with van der Waals surface area (Å²) in [6.45, 7) is 1.70. The number of likely N-dealkylation sites (N-methyl/N-ethyl adjacent to an activating group) is 2. The first-order valence-corrected chi connectivity index (χ1v) is 10.3. The van der Waals surface area contributed by atoms with Crippen molar-refractivity contribution >= 4 is 23.5 Å². The van der Waals surface area contributed by atoms with Crippen molar-refractivity contribution in [2.75, 3.05) is 55.4 Å². The second kappa shape index (κ2) is 11.7. The standard InChI is InChI=1S/C21H38N2O8/c1-13(10-15(25)19(21(30)31)17(27)12-23(5,6)7)8-9-14(24)18(20(28)29)16(26)11-22(2,3)4/h13,16-19,26-27H,8-12H2,1-7H3. The van der Waals surface area contributed by atoms with Gasteiger partial charge in [0.2, 0.25) is 0 Å². The van der Waals surface area contributed by atoms with E-state index >= 15 is 0 Å². The van der Waals surface area contributed by atoms with Crippen LogP contribution >= 0.6 is 0 Å². The molecule has 2 N–H and O–H groups in total. The fraction of sp³-hybridized carbons (Fsp3) is 0.810. The number of hydrogen-bond donors (Lipinski definition) is 2. The summed E-state index contributed by atoms with van der Waals surface area (Å²) in [6.07, 6.45) is -3.13. The van der Waals surface area contributed by atoms with Crippen LogP contribution in [-0.4, -0.2) is 110 Å². The van der Waals surface area contributed by atoms with Crippen LogP contribution in [0.15, 0.2) is 0 Å². The van der Waals surface area contributed by atoms with Crippen LogP contribution < -0.4 is 10.2 Å². The minimum absolute atomic E-state index is 0.0364. The number of ketones is 2. The first-order valence-electron chi connectivity index (χ1n) is 10.3. The molecule has 0 saturated heterocycles. The Bertz CT molecular complexity index is 651. The summed E-state index contributed by atoms with van der Waals surface area (Å²) in [5.74, 6) is -8.53. The summed E-state index contributed by atoms with van der Waals surface area (Å²) in [5.41, 5.74) is 0. The molecule has 0 aliphatic heterocycles. The van der Waals surface area contributed by atoms with Gasteiger partial charge in [-0.15, -0.1) is 0 Å². The largest absolute Gasteiger partial charge is 0.549 e. The Hall–Kier alpha value is -1.88. The molecule has 0 aliphatic rings. The highest BCUT2D eigenvalue weighted by Gasteiger charge is 2.34. The molecular formula is C21H38N2O8. The van der Waals surface area contributed by atoms with Crippen molar-refractivity contribution in [1.29, 1.82) is 0 Å². The highest BCUT2D eigenvalue weighted by Crippen LogP contribution is 2.20. The van der Waals surface area contributed by atoms with Gasteiger partial charge in [-0.1, -0.05) is 6.92 Å². The molecule has 0 saturated carbocycles. The number of carbonyl (C=O) groups excluding carboxylic acids is 4. The van der Waals surface area contributed by atoms with Gasteiger partial charge in [-0.05, 0) is 12.3 Å². The molecule has 0 rings (SSSR count). The Kier molecular flexibility index (Phi) is 11.0. The van der Waals surface area contributed by atoms with Crippen LogP contribution in [0, 0.1) is 17.8 Å². The van der Waals surface area contributed by atoms with E-state index < -0.39 is 53.5 Å². The molecule has 0 fully saturated rings. The number of aliphatic hydroxyl groups is 2. The predicted octanol–water partition coefficient (Wildman–Crippen LogP) is -3.20. The number of hydrogen-bond acceptors (Lipinski definition) is 8. The van der Waals surface area contributed by atoms with Crippen molar-refractivity contribution < 1.29 is 48.6 Å². The van der Waals surface area contributed by atoms with E-state index in [0.29, 0.717) is 0 Å². The molecule has 0 bridgehead atoms. The van der Waals surface area contributed by atoms with Gasteiger partial charge in [0.15, 0.2) is 0 Å². The topological polar surface area (TPSA) is 155 Å². The van der Waals surface area contributed by atoms with Crippen LogP contribution in [0.3, 0.4) is 0 Å². The summed E-state index contributed by atoms with van der Waals surface area (Å²) in [4.78, 5) is 47.6. The first kappa shape index (κ1) is 29.1. The zero-order chi connectivity index (χ0) is 24.7. The third-order valence-electron chi connectivity index (χ3n) is 4.87. The maximum absolute atomic E-state index is 12.5. The Morgan fingerprint density at radius 3 is 1.42 bits per heavy atom. The molecule has 0 aromatic carbocycles. The SMILES string of the molecule is CC(CCC(=O)C(C(=O)[O-])C(O)C[N+](C)(C)C)CC(=O)C(C(=O)[O-])C(O)C[N+](C)(C)C. The number of rotatable bonds is 15. The summed E-state index contributed by atoms with van der Waals surface area (Å²) in [7, 11) is 10.5. The van der Waals surface area contributed by atoms with Gasteiger partial charge in [0.25, 0.3) is 0 Å². The number of aliphatic carboxylic acids is 2. The Morgan fingerprint density at radius 1 is 0.742 bits per heavy atom. The van der Waals surface area contributed by atoms with E-state index in [4.69, 9.17) is 0 Å². The van der Waals surface area contributed by atoms with E-state index in [2.05, 4.69) is 0 Å². The van der Waals surface area contributed by atoms with Crippen LogP contribution in [0.5, 0.6) is 0 Å². The number of carboxylic acids is 2. The molecule has 10 heteroatoms. The predicted molar refractivity (Wildman–Crippen MR) is 108 cm³/mol. The number of nitrogens with zero attached hydrogens (tertiary/aromatic N) is 2. The molecule has 180 valence electrons. The second-order valence-electron chi connectivity index (χ2n) is 10.5. The Morgan fingerprint density at radius 2 is 1.10 bits per heavy atom. The van der Waals surface area contributed by atoms with E-state index in [1.807, 2.05) is 0 Å². The maximum Gasteiger partial charge on any atom is 0.144 e. The molecular weight excluding hydrogens is 408 g/mol. The van der Waals surface area contributed by atoms with Gasteiger partial charge in [-0.2, -0.15) is 0 Å². The zero-order valence-corrected chi connectivity index (χ0v) is 19.7. The fourth-order valence-electron chi connectivity index (χ4n) is 3.46. The van der Waals surface area contributed by atoms with Crippen molar-refractivity contribution in [3.05, 3.63) is 0 Å². The van der Waals surface area contributed by atoms with Gasteiger partial charge in [0.1, 0.15) is 36.9 Å². The minimum Gasteiger partial charge on any atom is -0.549 e. The van der Waals surface area contributed by atoms with Crippen molar-refractivity contribution in [2.24, 2.45) is 17.8 Å². The van der Waals surface area contributed by atoms with Gasteiger partial charge in [0, 0.05) is 12.8 Å². The van der Waals surface area contributed by atoms with Crippen molar-refractivity contribution in [1.82, 2.24) is 0 Å². The average molecular weight is 447 g/mol. The third-order valence-corrected chi connectivity index (χ3v) is 4.87. The number of carboxylic acid groups (broad SMARTS) is 2. The first-order chi connectivity index (χ1) is 13.9. The smallest absolute Gasteiger partial charge is 0.144 e. The third kappa shape index (κ3) is 11.3. The van der Waals surface area contributed by atoms with Crippen molar-refractivity contribution in [2.45, 2.75) is 38.4 Å². The average Bonchev–Trinajstić information content (AvgIpc) is 2.48. The lowest BCUT2D eigenvalue weighted by Gasteiger charge is -2.31. The number of carbonyl (C=O) groups is 4. The molecule has 0 heterocycles. The summed E-state index contributed by atoms with van der Waals surface area (Å²) < 4.78 is 0.506. The van der Waals surface area contributed by atoms with E-state index in [1.54, 1.807) is 49.2 Å². The van der Waals surface area contributed by atoms with Crippen LogP contribution in [0.2, 0.25) is 0 Å². The highest BCUT2D eigenvalue weighted by molar-refractivity contribution is 5.99. The number of quaternary nitrogens is 2. The molecule has 0 radical (unpaired) electrons. The van der Waals surface area contributed by atoms with Crippen LogP contribution in [0.4, 0.5) is 0 Å². The Balaban J connectivity index is 5.01. The minimum atomic E-state index is -1.68. The maximum atomic E-state index is 12.5. The van der Waals surface area contributed by atoms with Gasteiger partial charge in [-0.3, -0.25) is 9.59 Å². The van der Waals surface area contributed by atoms with Crippen LogP contribution in [0.1, 0.15) is 26.2 Å². The second-order valence-corrected chi connectivity index (χ2v) is 10.5.